The Hall–Kier alpha value is -3.31. The van der Waals surface area contributed by atoms with Crippen molar-refractivity contribution in [2.24, 2.45) is 5.92 Å². The molecule has 0 spiro atoms. The fourth-order valence-corrected chi connectivity index (χ4v) is 4.42. The maximum absolute atomic E-state index is 12.9. The first-order valence-electron chi connectivity index (χ1n) is 10.9. The summed E-state index contributed by atoms with van der Waals surface area (Å²) < 4.78 is 11.7. The van der Waals surface area contributed by atoms with Crippen LogP contribution in [0.1, 0.15) is 47.7 Å². The van der Waals surface area contributed by atoms with Crippen molar-refractivity contribution < 1.29 is 13.6 Å². The smallest absolute Gasteiger partial charge is 0.291 e. The predicted molar refractivity (Wildman–Crippen MR) is 121 cm³/mol. The number of furan rings is 2. The molecule has 1 N–H and O–H groups in total. The number of fused-ring (bicyclic) bond motifs is 1. The molecule has 1 aliphatic heterocycles. The molecule has 31 heavy (non-hydrogen) atoms. The molecule has 2 aromatic heterocycles. The SMILES string of the molecule is CC1CCN(C(c2ccccc2)c2oc3ccccc3c2NC(=O)c2ccco2)CC1. The van der Waals surface area contributed by atoms with Gasteiger partial charge in [0.25, 0.3) is 5.91 Å². The van der Waals surface area contributed by atoms with Crippen LogP contribution in [0.2, 0.25) is 0 Å². The van der Waals surface area contributed by atoms with Gasteiger partial charge in [-0.3, -0.25) is 9.69 Å². The molecule has 4 aromatic rings. The summed E-state index contributed by atoms with van der Waals surface area (Å²) in [6.07, 6.45) is 3.81. The Morgan fingerprint density at radius 3 is 2.48 bits per heavy atom. The lowest BCUT2D eigenvalue weighted by Gasteiger charge is -2.36. The number of para-hydroxylation sites is 1. The molecule has 2 aromatic carbocycles. The summed E-state index contributed by atoms with van der Waals surface area (Å²) in [4.78, 5) is 15.4. The molecule has 158 valence electrons. The van der Waals surface area contributed by atoms with Crippen LogP contribution in [0.4, 0.5) is 5.69 Å². The lowest BCUT2D eigenvalue weighted by Crippen LogP contribution is -2.37. The highest BCUT2D eigenvalue weighted by Crippen LogP contribution is 2.41. The van der Waals surface area contributed by atoms with Crippen LogP contribution in [0.25, 0.3) is 11.0 Å². The van der Waals surface area contributed by atoms with Gasteiger partial charge in [0.1, 0.15) is 11.3 Å². The minimum Gasteiger partial charge on any atom is -0.459 e. The number of piperidine rings is 1. The standard InChI is InChI=1S/C26H26N2O3/c1-18-13-15-28(16-14-18)24(19-8-3-2-4-9-19)25-23(20-10-5-6-11-21(20)31-25)27-26(29)22-12-7-17-30-22/h2-12,17-18,24H,13-16H2,1H3,(H,27,29). The number of carbonyl (C=O) groups is 1. The summed E-state index contributed by atoms with van der Waals surface area (Å²) >= 11 is 0. The molecule has 0 bridgehead atoms. The molecule has 5 rings (SSSR count). The van der Waals surface area contributed by atoms with Crippen molar-refractivity contribution in [2.45, 2.75) is 25.8 Å². The second-order valence-corrected chi connectivity index (χ2v) is 8.30. The average molecular weight is 415 g/mol. The second-order valence-electron chi connectivity index (χ2n) is 8.30. The number of carbonyl (C=O) groups excluding carboxylic acids is 1. The number of anilines is 1. The van der Waals surface area contributed by atoms with E-state index in [2.05, 4.69) is 41.4 Å². The zero-order chi connectivity index (χ0) is 21.2. The molecule has 5 heteroatoms. The van der Waals surface area contributed by atoms with E-state index in [1.54, 1.807) is 12.1 Å². The van der Waals surface area contributed by atoms with Crippen molar-refractivity contribution in [1.29, 1.82) is 0 Å². The van der Waals surface area contributed by atoms with E-state index < -0.39 is 0 Å². The van der Waals surface area contributed by atoms with Crippen LogP contribution in [0.3, 0.4) is 0 Å². The van der Waals surface area contributed by atoms with Crippen molar-refractivity contribution >= 4 is 22.6 Å². The van der Waals surface area contributed by atoms with E-state index in [0.29, 0.717) is 5.69 Å². The molecular weight excluding hydrogens is 388 g/mol. The highest BCUT2D eigenvalue weighted by atomic mass is 16.3. The number of amides is 1. The van der Waals surface area contributed by atoms with Crippen LogP contribution in [-0.2, 0) is 0 Å². The van der Waals surface area contributed by atoms with E-state index in [0.717, 1.165) is 54.1 Å². The van der Waals surface area contributed by atoms with Crippen molar-refractivity contribution in [1.82, 2.24) is 4.90 Å². The van der Waals surface area contributed by atoms with Gasteiger partial charge in [-0.25, -0.2) is 0 Å². The summed E-state index contributed by atoms with van der Waals surface area (Å²) in [7, 11) is 0. The lowest BCUT2D eigenvalue weighted by molar-refractivity contribution is 0.0995. The van der Waals surface area contributed by atoms with Gasteiger partial charge in [-0.1, -0.05) is 49.4 Å². The lowest BCUT2D eigenvalue weighted by atomic mass is 9.94. The zero-order valence-electron chi connectivity index (χ0n) is 17.6. The van der Waals surface area contributed by atoms with E-state index in [9.17, 15) is 4.79 Å². The number of nitrogens with zero attached hydrogens (tertiary/aromatic N) is 1. The van der Waals surface area contributed by atoms with Gasteiger partial charge < -0.3 is 14.2 Å². The fraction of sp³-hybridized carbons (Fsp3) is 0.269. The van der Waals surface area contributed by atoms with Crippen molar-refractivity contribution in [2.75, 3.05) is 18.4 Å². The third-order valence-electron chi connectivity index (χ3n) is 6.15. The molecule has 0 radical (unpaired) electrons. The Labute approximate surface area is 181 Å². The summed E-state index contributed by atoms with van der Waals surface area (Å²) in [5.74, 6) is 1.49. The number of likely N-dealkylation sites (tertiary alicyclic amines) is 1. The normalized spacial score (nSPS) is 16.4. The highest BCUT2D eigenvalue weighted by molar-refractivity contribution is 6.08. The van der Waals surface area contributed by atoms with Crippen molar-refractivity contribution in [3.05, 3.63) is 90.1 Å². The molecule has 3 heterocycles. The molecule has 1 amide bonds. The maximum Gasteiger partial charge on any atom is 0.291 e. The van der Waals surface area contributed by atoms with Crippen LogP contribution in [-0.4, -0.2) is 23.9 Å². The Balaban J connectivity index is 1.62. The van der Waals surface area contributed by atoms with Crippen LogP contribution < -0.4 is 5.32 Å². The van der Waals surface area contributed by atoms with E-state index in [-0.39, 0.29) is 17.7 Å². The first-order valence-corrected chi connectivity index (χ1v) is 10.9. The number of nitrogens with one attached hydrogen (secondary N) is 1. The van der Waals surface area contributed by atoms with Crippen molar-refractivity contribution in [3.8, 4) is 0 Å². The Morgan fingerprint density at radius 2 is 1.74 bits per heavy atom. The second kappa shape index (κ2) is 8.44. The molecular formula is C26H26N2O3. The first kappa shape index (κ1) is 19.6. The van der Waals surface area contributed by atoms with Crippen LogP contribution in [0.5, 0.6) is 0 Å². The number of benzene rings is 2. The van der Waals surface area contributed by atoms with E-state index in [1.807, 2.05) is 30.3 Å². The number of hydrogen-bond acceptors (Lipinski definition) is 4. The van der Waals surface area contributed by atoms with E-state index >= 15 is 0 Å². The van der Waals surface area contributed by atoms with Crippen LogP contribution >= 0.6 is 0 Å². The molecule has 0 aliphatic carbocycles. The van der Waals surface area contributed by atoms with Gasteiger partial charge in [-0.2, -0.15) is 0 Å². The van der Waals surface area contributed by atoms with E-state index in [4.69, 9.17) is 8.83 Å². The third-order valence-corrected chi connectivity index (χ3v) is 6.15. The minimum absolute atomic E-state index is 0.0759. The summed E-state index contributed by atoms with van der Waals surface area (Å²) in [6, 6.07) is 21.5. The summed E-state index contributed by atoms with van der Waals surface area (Å²) in [6.45, 7) is 4.29. The third kappa shape index (κ3) is 3.89. The van der Waals surface area contributed by atoms with Gasteiger partial charge in [0.15, 0.2) is 5.76 Å². The molecule has 1 atom stereocenters. The first-order chi connectivity index (χ1) is 15.2. The zero-order valence-corrected chi connectivity index (χ0v) is 17.6. The quantitative estimate of drug-likeness (QED) is 0.429. The molecule has 1 fully saturated rings. The van der Waals surface area contributed by atoms with Gasteiger partial charge in [-0.15, -0.1) is 0 Å². The number of hydrogen-bond donors (Lipinski definition) is 1. The van der Waals surface area contributed by atoms with Gasteiger partial charge in [0.2, 0.25) is 0 Å². The van der Waals surface area contributed by atoms with E-state index in [1.165, 1.54) is 6.26 Å². The molecule has 5 nitrogen and oxygen atoms in total. The monoisotopic (exact) mass is 414 g/mol. The number of rotatable bonds is 5. The van der Waals surface area contributed by atoms with Gasteiger partial charge in [0, 0.05) is 5.39 Å². The molecule has 1 aliphatic rings. The topological polar surface area (TPSA) is 58.6 Å². The van der Waals surface area contributed by atoms with Crippen LogP contribution in [0, 0.1) is 5.92 Å². The largest absolute Gasteiger partial charge is 0.459 e. The Kier molecular flexibility index (Phi) is 5.35. The predicted octanol–water partition coefficient (Wildman–Crippen LogP) is 6.10. The van der Waals surface area contributed by atoms with Gasteiger partial charge in [-0.05, 0) is 61.7 Å². The van der Waals surface area contributed by atoms with Gasteiger partial charge in [0.05, 0.1) is 18.0 Å². The maximum atomic E-state index is 12.9. The van der Waals surface area contributed by atoms with Crippen molar-refractivity contribution in [3.63, 3.8) is 0 Å². The molecule has 1 unspecified atom stereocenters. The fourth-order valence-electron chi connectivity index (χ4n) is 4.42. The highest BCUT2D eigenvalue weighted by Gasteiger charge is 2.32. The summed E-state index contributed by atoms with van der Waals surface area (Å²) in [5.41, 5.74) is 2.63. The molecule has 0 saturated carbocycles. The molecule has 1 saturated heterocycles. The van der Waals surface area contributed by atoms with Crippen LogP contribution in [0.15, 0.2) is 81.8 Å². The van der Waals surface area contributed by atoms with Gasteiger partial charge >= 0.3 is 0 Å². The Morgan fingerprint density at radius 1 is 1.00 bits per heavy atom. The summed E-state index contributed by atoms with van der Waals surface area (Å²) in [5, 5.41) is 3.97. The Bertz CT molecular complexity index is 1160. The average Bonchev–Trinajstić information content (AvgIpc) is 3.45. The minimum atomic E-state index is -0.281.